The van der Waals surface area contributed by atoms with Crippen molar-refractivity contribution in [2.24, 2.45) is 11.8 Å². The molecule has 0 saturated heterocycles. The lowest BCUT2D eigenvalue weighted by atomic mass is 9.93. The van der Waals surface area contributed by atoms with Crippen LogP contribution in [0, 0.1) is 11.8 Å². The third kappa shape index (κ3) is 8.29. The molecule has 5 heteroatoms. The molecule has 1 aromatic carbocycles. The van der Waals surface area contributed by atoms with Gasteiger partial charge in [0.05, 0.1) is 13.0 Å². The van der Waals surface area contributed by atoms with E-state index in [2.05, 4.69) is 31.3 Å². The largest absolute Gasteiger partial charge is 0.504 e. The number of benzene rings is 1. The maximum atomic E-state index is 12.6. The Morgan fingerprint density at radius 2 is 2.04 bits per heavy atom. The number of Topliss-reactive ketones (excluding diaryl/α,β-unsaturated/α-hetero) is 1. The highest BCUT2D eigenvalue weighted by Crippen LogP contribution is 2.26. The third-order valence-electron chi connectivity index (χ3n) is 4.30. The predicted octanol–water partition coefficient (Wildman–Crippen LogP) is 4.38. The third-order valence-corrected chi connectivity index (χ3v) is 4.30. The van der Waals surface area contributed by atoms with Crippen molar-refractivity contribution < 1.29 is 19.4 Å². The highest BCUT2D eigenvalue weighted by atomic mass is 16.5. The van der Waals surface area contributed by atoms with Crippen molar-refractivity contribution in [1.82, 2.24) is 5.32 Å². The van der Waals surface area contributed by atoms with Crippen LogP contribution in [0.2, 0.25) is 0 Å². The monoisotopic (exact) mass is 375 g/mol. The summed E-state index contributed by atoms with van der Waals surface area (Å²) in [5.74, 6) is 0.0966. The van der Waals surface area contributed by atoms with Gasteiger partial charge in [-0.05, 0) is 49.3 Å². The summed E-state index contributed by atoms with van der Waals surface area (Å²) in [5, 5.41) is 12.5. The van der Waals surface area contributed by atoms with Crippen LogP contribution in [0.3, 0.4) is 0 Å². The Morgan fingerprint density at radius 3 is 2.67 bits per heavy atom. The number of methoxy groups -OCH3 is 1. The lowest BCUT2D eigenvalue weighted by molar-refractivity contribution is -0.134. The van der Waals surface area contributed by atoms with Gasteiger partial charge < -0.3 is 15.2 Å². The van der Waals surface area contributed by atoms with Crippen LogP contribution in [-0.4, -0.2) is 23.9 Å². The Morgan fingerprint density at radius 1 is 1.30 bits per heavy atom. The minimum Gasteiger partial charge on any atom is -0.504 e. The maximum Gasteiger partial charge on any atom is 0.230 e. The zero-order valence-electron chi connectivity index (χ0n) is 17.0. The van der Waals surface area contributed by atoms with Crippen LogP contribution < -0.4 is 10.1 Å². The number of rotatable bonds is 12. The van der Waals surface area contributed by atoms with Crippen LogP contribution in [0.4, 0.5) is 0 Å². The van der Waals surface area contributed by atoms with Crippen molar-refractivity contribution >= 4 is 11.7 Å². The minimum atomic E-state index is -0.601. The standard InChI is InChI=1S/C22H33NO4/c1-5-9-19(24)18(11-8-6-7-10-16(2)3)22(26)23-15-17-12-13-20(25)21(14-17)27-4/h7,10,12-14,16,18,25H,5-6,8-9,11,15H2,1-4H3,(H,23,26). The fraction of sp³-hybridized carbons (Fsp3) is 0.545. The van der Waals surface area contributed by atoms with E-state index in [9.17, 15) is 14.7 Å². The highest BCUT2D eigenvalue weighted by molar-refractivity contribution is 6.01. The summed E-state index contributed by atoms with van der Waals surface area (Å²) in [7, 11) is 1.48. The molecule has 1 aromatic rings. The van der Waals surface area contributed by atoms with Crippen molar-refractivity contribution in [3.05, 3.63) is 35.9 Å². The molecule has 2 N–H and O–H groups in total. The molecule has 27 heavy (non-hydrogen) atoms. The van der Waals surface area contributed by atoms with E-state index in [-0.39, 0.29) is 17.4 Å². The number of allylic oxidation sites excluding steroid dienone is 2. The smallest absolute Gasteiger partial charge is 0.230 e. The van der Waals surface area contributed by atoms with Crippen molar-refractivity contribution in [2.45, 2.75) is 59.4 Å². The summed E-state index contributed by atoms with van der Waals surface area (Å²) >= 11 is 0. The first-order valence-electron chi connectivity index (χ1n) is 9.72. The molecular weight excluding hydrogens is 342 g/mol. The van der Waals surface area contributed by atoms with Gasteiger partial charge >= 0.3 is 0 Å². The van der Waals surface area contributed by atoms with E-state index in [0.717, 1.165) is 24.8 Å². The first kappa shape index (κ1) is 22.7. The van der Waals surface area contributed by atoms with Gasteiger partial charge in [-0.25, -0.2) is 0 Å². The molecule has 1 amide bonds. The number of phenols is 1. The van der Waals surface area contributed by atoms with E-state index >= 15 is 0 Å². The van der Waals surface area contributed by atoms with Gasteiger partial charge in [0.1, 0.15) is 5.78 Å². The summed E-state index contributed by atoms with van der Waals surface area (Å²) in [5.41, 5.74) is 0.805. The number of hydrogen-bond donors (Lipinski definition) is 2. The molecule has 1 rings (SSSR count). The molecule has 1 atom stereocenters. The average Bonchev–Trinajstić information content (AvgIpc) is 2.63. The van der Waals surface area contributed by atoms with E-state index in [4.69, 9.17) is 4.74 Å². The van der Waals surface area contributed by atoms with Crippen molar-refractivity contribution in [1.29, 1.82) is 0 Å². The summed E-state index contributed by atoms with van der Waals surface area (Å²) in [6.07, 6.45) is 7.66. The van der Waals surface area contributed by atoms with Gasteiger partial charge in [0.15, 0.2) is 11.5 Å². The van der Waals surface area contributed by atoms with Crippen LogP contribution in [-0.2, 0) is 16.1 Å². The zero-order chi connectivity index (χ0) is 20.2. The summed E-state index contributed by atoms with van der Waals surface area (Å²) in [4.78, 5) is 25.0. The van der Waals surface area contributed by atoms with Gasteiger partial charge in [-0.1, -0.05) is 39.0 Å². The number of ketones is 1. The van der Waals surface area contributed by atoms with E-state index in [1.807, 2.05) is 6.92 Å². The van der Waals surface area contributed by atoms with Crippen LogP contribution in [0.1, 0.15) is 58.4 Å². The molecule has 150 valence electrons. The zero-order valence-corrected chi connectivity index (χ0v) is 17.0. The van der Waals surface area contributed by atoms with E-state index in [0.29, 0.717) is 31.1 Å². The Balaban J connectivity index is 2.65. The molecule has 5 nitrogen and oxygen atoms in total. The fourth-order valence-electron chi connectivity index (χ4n) is 2.81. The first-order valence-corrected chi connectivity index (χ1v) is 9.72. The van der Waals surface area contributed by atoms with Crippen LogP contribution >= 0.6 is 0 Å². The summed E-state index contributed by atoms with van der Waals surface area (Å²) in [6.45, 7) is 6.48. The Kier molecular flexibility index (Phi) is 10.2. The molecule has 0 aliphatic carbocycles. The Bertz CT molecular complexity index is 637. The summed E-state index contributed by atoms with van der Waals surface area (Å²) in [6, 6.07) is 4.92. The van der Waals surface area contributed by atoms with Gasteiger partial charge in [0, 0.05) is 13.0 Å². The second-order valence-corrected chi connectivity index (χ2v) is 7.10. The number of carbonyl (C=O) groups is 2. The SMILES string of the molecule is CCCC(=O)C(CCCC=CC(C)C)C(=O)NCc1ccc(O)c(OC)c1. The number of hydrogen-bond acceptors (Lipinski definition) is 4. The van der Waals surface area contributed by atoms with Crippen LogP contribution in [0.25, 0.3) is 0 Å². The van der Waals surface area contributed by atoms with Gasteiger partial charge in [-0.15, -0.1) is 0 Å². The molecule has 0 bridgehead atoms. The molecule has 0 aromatic heterocycles. The lowest BCUT2D eigenvalue weighted by Crippen LogP contribution is -2.35. The van der Waals surface area contributed by atoms with E-state index < -0.39 is 5.92 Å². The van der Waals surface area contributed by atoms with Crippen molar-refractivity contribution in [2.75, 3.05) is 7.11 Å². The number of aromatic hydroxyl groups is 1. The van der Waals surface area contributed by atoms with Crippen LogP contribution in [0.5, 0.6) is 11.5 Å². The van der Waals surface area contributed by atoms with Gasteiger partial charge in [-0.3, -0.25) is 9.59 Å². The second kappa shape index (κ2) is 12.2. The fourth-order valence-corrected chi connectivity index (χ4v) is 2.81. The van der Waals surface area contributed by atoms with Crippen molar-refractivity contribution in [3.63, 3.8) is 0 Å². The average molecular weight is 376 g/mol. The number of ether oxygens (including phenoxy) is 1. The highest BCUT2D eigenvalue weighted by Gasteiger charge is 2.24. The molecule has 0 fully saturated rings. The van der Waals surface area contributed by atoms with E-state index in [1.54, 1.807) is 12.1 Å². The number of nitrogens with one attached hydrogen (secondary N) is 1. The summed E-state index contributed by atoms with van der Waals surface area (Å²) < 4.78 is 5.08. The van der Waals surface area contributed by atoms with Gasteiger partial charge in [-0.2, -0.15) is 0 Å². The molecule has 0 radical (unpaired) electrons. The number of amides is 1. The maximum absolute atomic E-state index is 12.6. The number of carbonyl (C=O) groups excluding carboxylic acids is 2. The lowest BCUT2D eigenvalue weighted by Gasteiger charge is -2.16. The Hall–Kier alpha value is -2.30. The van der Waals surface area contributed by atoms with Gasteiger partial charge in [0.2, 0.25) is 5.91 Å². The normalized spacial score (nSPS) is 12.3. The molecule has 0 aliphatic heterocycles. The van der Waals surface area contributed by atoms with Crippen LogP contribution in [0.15, 0.2) is 30.4 Å². The van der Waals surface area contributed by atoms with Crippen molar-refractivity contribution in [3.8, 4) is 11.5 Å². The van der Waals surface area contributed by atoms with Gasteiger partial charge in [0.25, 0.3) is 0 Å². The molecule has 1 unspecified atom stereocenters. The molecule has 0 saturated carbocycles. The number of unbranched alkanes of at least 4 members (excludes halogenated alkanes) is 1. The Labute approximate surface area is 162 Å². The first-order chi connectivity index (χ1) is 12.9. The van der Waals surface area contributed by atoms with E-state index in [1.165, 1.54) is 13.2 Å². The molecule has 0 heterocycles. The second-order valence-electron chi connectivity index (χ2n) is 7.10. The number of phenolic OH excluding ortho intramolecular Hbond substituents is 1. The molecular formula is C22H33NO4. The predicted molar refractivity (Wildman–Crippen MR) is 108 cm³/mol. The molecule has 0 aliphatic rings. The topological polar surface area (TPSA) is 75.6 Å². The minimum absolute atomic E-state index is 0.00567. The quantitative estimate of drug-likeness (QED) is 0.323. The molecule has 0 spiro atoms.